The highest BCUT2D eigenvalue weighted by Crippen LogP contribution is 2.19. The zero-order valence-electron chi connectivity index (χ0n) is 14.3. The van der Waals surface area contributed by atoms with Crippen LogP contribution in [0, 0.1) is 0 Å². The third-order valence-corrected chi connectivity index (χ3v) is 4.63. The number of benzene rings is 1. The average molecular weight is 413 g/mol. The van der Waals surface area contributed by atoms with Gasteiger partial charge in [-0.2, -0.15) is 4.98 Å². The van der Waals surface area contributed by atoms with Crippen molar-refractivity contribution in [3.8, 4) is 11.3 Å². The number of hydrogen-bond acceptors (Lipinski definition) is 5. The van der Waals surface area contributed by atoms with Crippen molar-refractivity contribution in [1.29, 1.82) is 0 Å². The number of amides is 1. The Morgan fingerprint density at radius 2 is 1.96 bits per heavy atom. The highest BCUT2D eigenvalue weighted by molar-refractivity contribution is 9.12. The first-order valence-electron chi connectivity index (χ1n) is 7.81. The van der Waals surface area contributed by atoms with Crippen LogP contribution in [0.5, 0.6) is 0 Å². The number of imidazole rings is 1. The van der Waals surface area contributed by atoms with Gasteiger partial charge in [0.2, 0.25) is 5.78 Å². The van der Waals surface area contributed by atoms with E-state index in [9.17, 15) is 4.79 Å². The van der Waals surface area contributed by atoms with Crippen molar-refractivity contribution in [2.45, 2.75) is 6.92 Å². The van der Waals surface area contributed by atoms with Gasteiger partial charge in [0.15, 0.2) is 0 Å². The summed E-state index contributed by atoms with van der Waals surface area (Å²) in [5.41, 5.74) is 8.18. The van der Waals surface area contributed by atoms with Gasteiger partial charge in [0, 0.05) is 30.7 Å². The molecular formula is C18H17BrN6O. The number of nitrogens with one attached hydrogen (secondary N) is 1. The number of nitrogens with zero attached hydrogens (tertiary/aromatic N) is 4. The van der Waals surface area contributed by atoms with Crippen molar-refractivity contribution < 1.29 is 4.79 Å². The molecule has 0 unspecified atom stereocenters. The molecule has 8 heteroatoms. The Labute approximate surface area is 158 Å². The van der Waals surface area contributed by atoms with Crippen LogP contribution in [-0.2, 0) is 4.79 Å². The summed E-state index contributed by atoms with van der Waals surface area (Å²) in [5.74, 6) is 0.459. The van der Waals surface area contributed by atoms with E-state index in [-0.39, 0.29) is 5.71 Å². The van der Waals surface area contributed by atoms with E-state index in [0.29, 0.717) is 21.8 Å². The van der Waals surface area contributed by atoms with Crippen LogP contribution in [0.2, 0.25) is 0 Å². The number of hydrogen-bond donors (Lipinski definition) is 2. The molecule has 0 saturated heterocycles. The molecule has 0 aliphatic heterocycles. The molecule has 3 aromatic rings. The predicted octanol–water partition coefficient (Wildman–Crippen LogP) is 2.99. The van der Waals surface area contributed by atoms with Gasteiger partial charge in [0.1, 0.15) is 11.5 Å². The quantitative estimate of drug-likeness (QED) is 0.643. The first-order chi connectivity index (χ1) is 12.5. The molecule has 0 spiro atoms. The lowest BCUT2D eigenvalue weighted by molar-refractivity contribution is -0.110. The van der Waals surface area contributed by atoms with Crippen molar-refractivity contribution >= 4 is 39.1 Å². The zero-order chi connectivity index (χ0) is 18.7. The number of rotatable bonds is 4. The maximum atomic E-state index is 12.4. The molecule has 0 saturated carbocycles. The molecule has 0 bridgehead atoms. The van der Waals surface area contributed by atoms with Crippen LogP contribution in [0.15, 0.2) is 64.0 Å². The van der Waals surface area contributed by atoms with Gasteiger partial charge < -0.3 is 11.1 Å². The summed E-state index contributed by atoms with van der Waals surface area (Å²) < 4.78 is 2.25. The van der Waals surface area contributed by atoms with Crippen molar-refractivity contribution in [1.82, 2.24) is 14.4 Å². The first kappa shape index (κ1) is 17.8. The molecule has 0 fully saturated rings. The van der Waals surface area contributed by atoms with Crippen LogP contribution in [0.3, 0.4) is 0 Å². The van der Waals surface area contributed by atoms with E-state index in [0.717, 1.165) is 11.3 Å². The Morgan fingerprint density at radius 3 is 2.62 bits per heavy atom. The molecule has 3 N–H and O–H groups in total. The lowest BCUT2D eigenvalue weighted by atomic mass is 10.2. The summed E-state index contributed by atoms with van der Waals surface area (Å²) in [7, 11) is 1.52. The summed E-state index contributed by atoms with van der Waals surface area (Å²) in [6.45, 7) is 1.68. The van der Waals surface area contributed by atoms with Crippen molar-refractivity contribution in [2.75, 3.05) is 12.4 Å². The molecule has 1 amide bonds. The minimum atomic E-state index is -0.407. The molecule has 3 rings (SSSR count). The van der Waals surface area contributed by atoms with E-state index in [1.807, 2.05) is 36.5 Å². The minimum absolute atomic E-state index is 0.194. The minimum Gasteiger partial charge on any atom is -0.401 e. The number of carbonyl (C=O) groups excluding carboxylic acids is 1. The standard InChI is InChI=1S/C18H17BrN6O/c1-11(20)15(19)16(21-2)17(26)23-14-8-9-25-10-13(22-18(25)24-14)12-6-4-3-5-7-12/h3-10H,20H2,1-2H3,(H,22,23,24,26). The van der Waals surface area contributed by atoms with Gasteiger partial charge >= 0.3 is 0 Å². The molecule has 7 nitrogen and oxygen atoms in total. The van der Waals surface area contributed by atoms with Crippen LogP contribution in [0.25, 0.3) is 17.0 Å². The zero-order valence-corrected chi connectivity index (χ0v) is 15.9. The molecule has 1 aromatic carbocycles. The monoisotopic (exact) mass is 412 g/mol. The summed E-state index contributed by atoms with van der Waals surface area (Å²) in [4.78, 5) is 25.3. The number of halogens is 1. The van der Waals surface area contributed by atoms with E-state index >= 15 is 0 Å². The summed E-state index contributed by atoms with van der Waals surface area (Å²) in [5, 5.41) is 2.72. The molecule has 0 aliphatic carbocycles. The summed E-state index contributed by atoms with van der Waals surface area (Å²) in [6, 6.07) is 11.5. The highest BCUT2D eigenvalue weighted by Gasteiger charge is 2.16. The van der Waals surface area contributed by atoms with E-state index in [4.69, 9.17) is 5.73 Å². The molecule has 0 atom stereocenters. The van der Waals surface area contributed by atoms with Crippen molar-refractivity contribution in [2.24, 2.45) is 10.7 Å². The number of fused-ring (bicyclic) bond motifs is 1. The molecule has 132 valence electrons. The normalized spacial score (nSPS) is 12.8. The fourth-order valence-electron chi connectivity index (χ4n) is 2.35. The SMILES string of the molecule is CN=C(C(=O)Nc1ccn2cc(-c3ccccc3)nc2n1)C(Br)=C(C)N. The molecule has 2 aromatic heterocycles. The Morgan fingerprint density at radius 1 is 1.23 bits per heavy atom. The second-order valence-corrected chi connectivity index (χ2v) is 6.33. The van der Waals surface area contributed by atoms with Crippen molar-refractivity contribution in [3.63, 3.8) is 0 Å². The molecule has 2 heterocycles. The van der Waals surface area contributed by atoms with Gasteiger partial charge in [-0.15, -0.1) is 0 Å². The largest absolute Gasteiger partial charge is 0.401 e. The predicted molar refractivity (Wildman–Crippen MR) is 106 cm³/mol. The third kappa shape index (κ3) is 3.65. The number of aliphatic imine (C=N–C) groups is 1. The van der Waals surface area contributed by atoms with Crippen LogP contribution >= 0.6 is 15.9 Å². The fraction of sp³-hybridized carbons (Fsp3) is 0.111. The van der Waals surface area contributed by atoms with Crippen LogP contribution in [-0.4, -0.2) is 33.0 Å². The van der Waals surface area contributed by atoms with E-state index in [1.54, 1.807) is 23.6 Å². The van der Waals surface area contributed by atoms with Crippen LogP contribution in [0.1, 0.15) is 6.92 Å². The van der Waals surface area contributed by atoms with Gasteiger partial charge in [-0.05, 0) is 28.9 Å². The van der Waals surface area contributed by atoms with Gasteiger partial charge in [0.05, 0.1) is 10.2 Å². The lowest BCUT2D eigenvalue weighted by Crippen LogP contribution is -2.25. The molecular weight excluding hydrogens is 396 g/mol. The number of carbonyl (C=O) groups is 1. The van der Waals surface area contributed by atoms with E-state index in [2.05, 4.69) is 36.2 Å². The Bertz CT molecular complexity index is 1020. The smallest absolute Gasteiger partial charge is 0.276 e. The average Bonchev–Trinajstić information content (AvgIpc) is 3.06. The Balaban J connectivity index is 1.88. The molecule has 26 heavy (non-hydrogen) atoms. The Kier molecular flexibility index (Phi) is 5.13. The summed E-state index contributed by atoms with van der Waals surface area (Å²) >= 11 is 3.28. The lowest BCUT2D eigenvalue weighted by Gasteiger charge is -2.07. The number of allylic oxidation sites excluding steroid dienone is 1. The van der Waals surface area contributed by atoms with E-state index in [1.165, 1.54) is 7.05 Å². The Hall–Kier alpha value is -3.00. The number of anilines is 1. The molecule has 0 aliphatic rings. The van der Waals surface area contributed by atoms with Crippen LogP contribution < -0.4 is 11.1 Å². The number of nitrogens with two attached hydrogens (primary N) is 1. The second kappa shape index (κ2) is 7.49. The van der Waals surface area contributed by atoms with Crippen LogP contribution in [0.4, 0.5) is 5.82 Å². The fourth-order valence-corrected chi connectivity index (χ4v) is 2.71. The van der Waals surface area contributed by atoms with E-state index < -0.39 is 5.91 Å². The first-order valence-corrected chi connectivity index (χ1v) is 8.60. The molecule has 0 radical (unpaired) electrons. The second-order valence-electron chi connectivity index (χ2n) is 5.54. The van der Waals surface area contributed by atoms with Gasteiger partial charge in [0.25, 0.3) is 5.91 Å². The maximum absolute atomic E-state index is 12.4. The third-order valence-electron chi connectivity index (χ3n) is 3.63. The number of aromatic nitrogens is 3. The van der Waals surface area contributed by atoms with Gasteiger partial charge in [-0.3, -0.25) is 14.2 Å². The van der Waals surface area contributed by atoms with Gasteiger partial charge in [-0.25, -0.2) is 4.98 Å². The van der Waals surface area contributed by atoms with Crippen molar-refractivity contribution in [3.05, 3.63) is 59.0 Å². The summed E-state index contributed by atoms with van der Waals surface area (Å²) in [6.07, 6.45) is 3.68. The van der Waals surface area contributed by atoms with Gasteiger partial charge in [-0.1, -0.05) is 30.3 Å². The topological polar surface area (TPSA) is 97.7 Å². The maximum Gasteiger partial charge on any atom is 0.276 e. The highest BCUT2D eigenvalue weighted by atomic mass is 79.9.